The van der Waals surface area contributed by atoms with E-state index >= 15 is 0 Å². The van der Waals surface area contributed by atoms with Crippen molar-refractivity contribution in [1.82, 2.24) is 15.1 Å². The molecule has 1 amide bonds. The number of amides is 1. The van der Waals surface area contributed by atoms with Gasteiger partial charge in [-0.25, -0.2) is 8.42 Å². The van der Waals surface area contributed by atoms with E-state index < -0.39 is 9.84 Å². The van der Waals surface area contributed by atoms with Gasteiger partial charge in [0, 0.05) is 36.6 Å². The largest absolute Gasteiger partial charge is 0.342 e. The van der Waals surface area contributed by atoms with Crippen molar-refractivity contribution in [2.24, 2.45) is 0 Å². The van der Waals surface area contributed by atoms with Gasteiger partial charge in [-0.1, -0.05) is 6.07 Å². The number of aromatic nitrogens is 2. The summed E-state index contributed by atoms with van der Waals surface area (Å²) in [4.78, 5) is 15.6. The van der Waals surface area contributed by atoms with Crippen LogP contribution in [0.2, 0.25) is 0 Å². The summed E-state index contributed by atoms with van der Waals surface area (Å²) < 4.78 is 23.6. The number of nitrogens with zero attached hydrogens (tertiary/aromatic N) is 2. The van der Waals surface area contributed by atoms with Gasteiger partial charge in [0.1, 0.15) is 4.90 Å². The molecule has 0 aliphatic carbocycles. The predicted octanol–water partition coefficient (Wildman–Crippen LogP) is 1.82. The number of H-pyrrole nitrogens is 1. The number of thiophene rings is 1. The lowest BCUT2D eigenvalue weighted by Gasteiger charge is -2.16. The first-order chi connectivity index (χ1) is 10.9. The molecule has 6 nitrogen and oxygen atoms in total. The summed E-state index contributed by atoms with van der Waals surface area (Å²) in [5, 5.41) is 8.68. The third kappa shape index (κ3) is 3.64. The van der Waals surface area contributed by atoms with Crippen LogP contribution >= 0.6 is 11.3 Å². The van der Waals surface area contributed by atoms with Crippen molar-refractivity contribution in [3.05, 3.63) is 34.3 Å². The van der Waals surface area contributed by atoms with Crippen LogP contribution in [0.15, 0.2) is 28.6 Å². The van der Waals surface area contributed by atoms with Gasteiger partial charge in [-0.3, -0.25) is 9.89 Å². The molecule has 1 atom stereocenters. The second-order valence-corrected chi connectivity index (χ2v) is 8.84. The SMILES string of the molecule is CS(=O)(=O)c1cn[nH]c1[C@@H]1CCN(C(=O)CCc2cccs2)C1. The van der Waals surface area contributed by atoms with Gasteiger partial charge in [-0.05, 0) is 24.3 Å². The van der Waals surface area contributed by atoms with Crippen LogP contribution in [0.1, 0.15) is 29.3 Å². The number of aryl methyl sites for hydroxylation is 1. The second-order valence-electron chi connectivity index (χ2n) is 5.82. The maximum atomic E-state index is 12.3. The van der Waals surface area contributed by atoms with Crippen LogP contribution < -0.4 is 0 Å². The Bertz CT molecular complexity index is 781. The topological polar surface area (TPSA) is 83.1 Å². The number of hydrogen-bond donors (Lipinski definition) is 1. The van der Waals surface area contributed by atoms with Crippen molar-refractivity contribution in [1.29, 1.82) is 0 Å². The van der Waals surface area contributed by atoms with Crippen molar-refractivity contribution >= 4 is 27.1 Å². The van der Waals surface area contributed by atoms with Crippen LogP contribution in [0.3, 0.4) is 0 Å². The quantitative estimate of drug-likeness (QED) is 0.889. The lowest BCUT2D eigenvalue weighted by atomic mass is 10.1. The van der Waals surface area contributed by atoms with Gasteiger partial charge >= 0.3 is 0 Å². The minimum atomic E-state index is -3.30. The van der Waals surface area contributed by atoms with Gasteiger partial charge in [-0.2, -0.15) is 5.10 Å². The first-order valence-electron chi connectivity index (χ1n) is 7.48. The first-order valence-corrected chi connectivity index (χ1v) is 10.3. The van der Waals surface area contributed by atoms with Crippen LogP contribution in [0.25, 0.3) is 0 Å². The zero-order valence-corrected chi connectivity index (χ0v) is 14.5. The molecule has 1 fully saturated rings. The molecule has 0 unspecified atom stereocenters. The van der Waals surface area contributed by atoms with E-state index in [1.165, 1.54) is 17.3 Å². The Morgan fingerprint density at radius 1 is 1.52 bits per heavy atom. The Labute approximate surface area is 139 Å². The molecule has 1 aliphatic heterocycles. The van der Waals surface area contributed by atoms with Gasteiger partial charge in [0.05, 0.1) is 11.9 Å². The van der Waals surface area contributed by atoms with E-state index in [4.69, 9.17) is 0 Å². The fourth-order valence-electron chi connectivity index (χ4n) is 2.94. The molecule has 3 rings (SSSR count). The Kier molecular flexibility index (Phi) is 4.54. The van der Waals surface area contributed by atoms with Gasteiger partial charge in [-0.15, -0.1) is 11.3 Å². The number of hydrogen-bond acceptors (Lipinski definition) is 5. The molecule has 1 saturated heterocycles. The highest BCUT2D eigenvalue weighted by Gasteiger charge is 2.31. The van der Waals surface area contributed by atoms with Gasteiger partial charge < -0.3 is 4.90 Å². The molecular formula is C15H19N3O3S2. The summed E-state index contributed by atoms with van der Waals surface area (Å²) in [6.07, 6.45) is 4.55. The molecule has 0 aromatic carbocycles. The first kappa shape index (κ1) is 16.2. The number of carbonyl (C=O) groups is 1. The molecule has 124 valence electrons. The molecule has 1 aliphatic rings. The van der Waals surface area contributed by atoms with Crippen LogP contribution in [-0.4, -0.2) is 48.8 Å². The third-order valence-electron chi connectivity index (χ3n) is 4.15. The average molecular weight is 353 g/mol. The van der Waals surface area contributed by atoms with Crippen molar-refractivity contribution in [2.75, 3.05) is 19.3 Å². The van der Waals surface area contributed by atoms with E-state index in [9.17, 15) is 13.2 Å². The number of sulfone groups is 1. The average Bonchev–Trinajstić information content (AvgIpc) is 3.22. The molecular weight excluding hydrogens is 334 g/mol. The summed E-state index contributed by atoms with van der Waals surface area (Å²) in [6.45, 7) is 1.21. The zero-order chi connectivity index (χ0) is 16.4. The molecule has 2 aromatic heterocycles. The van der Waals surface area contributed by atoms with Crippen LogP contribution in [0.5, 0.6) is 0 Å². The molecule has 3 heterocycles. The molecule has 0 spiro atoms. The van der Waals surface area contributed by atoms with E-state index in [0.717, 1.165) is 12.8 Å². The zero-order valence-electron chi connectivity index (χ0n) is 12.9. The maximum absolute atomic E-state index is 12.3. The highest BCUT2D eigenvalue weighted by atomic mass is 32.2. The Hall–Kier alpha value is -1.67. The summed E-state index contributed by atoms with van der Waals surface area (Å²) in [5.74, 6) is 0.134. The van der Waals surface area contributed by atoms with Gasteiger partial charge in [0.15, 0.2) is 9.84 Å². The van der Waals surface area contributed by atoms with Crippen molar-refractivity contribution in [3.63, 3.8) is 0 Å². The predicted molar refractivity (Wildman–Crippen MR) is 88.3 cm³/mol. The standard InChI is InChI=1S/C15H19N3O3S2/c1-23(20,21)13-9-16-17-15(13)11-6-7-18(10-11)14(19)5-4-12-3-2-8-22-12/h2-3,8-9,11H,4-7,10H2,1H3,(H,16,17)/t11-/m1/s1. The second kappa shape index (κ2) is 6.45. The highest BCUT2D eigenvalue weighted by molar-refractivity contribution is 7.90. The van der Waals surface area contributed by atoms with E-state index in [-0.39, 0.29) is 16.7 Å². The van der Waals surface area contributed by atoms with Crippen molar-refractivity contribution in [3.8, 4) is 0 Å². The molecule has 23 heavy (non-hydrogen) atoms. The number of nitrogens with one attached hydrogen (secondary N) is 1. The molecule has 8 heteroatoms. The monoisotopic (exact) mass is 353 g/mol. The number of rotatable bonds is 5. The van der Waals surface area contributed by atoms with Crippen LogP contribution in [0, 0.1) is 0 Å². The van der Waals surface area contributed by atoms with Crippen LogP contribution in [0.4, 0.5) is 0 Å². The summed E-state index contributed by atoms with van der Waals surface area (Å²) >= 11 is 1.66. The Balaban J connectivity index is 1.62. The number of aromatic amines is 1. The van der Waals surface area contributed by atoms with E-state index in [1.807, 2.05) is 22.4 Å². The number of carbonyl (C=O) groups excluding carboxylic acids is 1. The molecule has 2 aromatic rings. The number of likely N-dealkylation sites (tertiary alicyclic amines) is 1. The minimum Gasteiger partial charge on any atom is -0.342 e. The lowest BCUT2D eigenvalue weighted by molar-refractivity contribution is -0.130. The molecule has 1 N–H and O–H groups in total. The van der Waals surface area contributed by atoms with Crippen LogP contribution in [-0.2, 0) is 21.1 Å². The van der Waals surface area contributed by atoms with E-state index in [2.05, 4.69) is 10.2 Å². The smallest absolute Gasteiger partial charge is 0.222 e. The van der Waals surface area contributed by atoms with Gasteiger partial charge in [0.25, 0.3) is 0 Å². The summed E-state index contributed by atoms with van der Waals surface area (Å²) in [5.41, 5.74) is 0.626. The summed E-state index contributed by atoms with van der Waals surface area (Å²) in [7, 11) is -3.30. The highest BCUT2D eigenvalue weighted by Crippen LogP contribution is 2.30. The molecule has 0 bridgehead atoms. The minimum absolute atomic E-state index is 0.00733. The fraction of sp³-hybridized carbons (Fsp3) is 0.467. The Morgan fingerprint density at radius 2 is 2.35 bits per heavy atom. The maximum Gasteiger partial charge on any atom is 0.222 e. The van der Waals surface area contributed by atoms with Crippen molar-refractivity contribution in [2.45, 2.75) is 30.1 Å². The summed E-state index contributed by atoms with van der Waals surface area (Å²) in [6, 6.07) is 4.02. The normalized spacial score (nSPS) is 18.5. The molecule has 0 radical (unpaired) electrons. The van der Waals surface area contributed by atoms with E-state index in [0.29, 0.717) is 25.2 Å². The lowest BCUT2D eigenvalue weighted by Crippen LogP contribution is -2.28. The molecule has 0 saturated carbocycles. The Morgan fingerprint density at radius 3 is 3.04 bits per heavy atom. The third-order valence-corrected chi connectivity index (χ3v) is 6.21. The van der Waals surface area contributed by atoms with E-state index in [1.54, 1.807) is 11.3 Å². The fourth-order valence-corrected chi connectivity index (χ4v) is 4.50. The van der Waals surface area contributed by atoms with Gasteiger partial charge in [0.2, 0.25) is 5.91 Å². The van der Waals surface area contributed by atoms with Crippen molar-refractivity contribution < 1.29 is 13.2 Å².